The number of alkyl halides is 1. The van der Waals surface area contributed by atoms with Crippen LogP contribution in [0.4, 0.5) is 0 Å². The van der Waals surface area contributed by atoms with Crippen LogP contribution < -0.4 is 0 Å². The van der Waals surface area contributed by atoms with Gasteiger partial charge in [0.2, 0.25) is 0 Å². The summed E-state index contributed by atoms with van der Waals surface area (Å²) in [6.45, 7) is 2.13. The molecule has 17 heavy (non-hydrogen) atoms. The van der Waals surface area contributed by atoms with E-state index in [1.165, 1.54) is 6.92 Å². The molecule has 0 aliphatic heterocycles. The number of aliphatic hydroxyl groups excluding tert-OH is 2. The van der Waals surface area contributed by atoms with Crippen LogP contribution in [0.3, 0.4) is 0 Å². The van der Waals surface area contributed by atoms with Crippen molar-refractivity contribution in [2.45, 2.75) is 31.1 Å². The van der Waals surface area contributed by atoms with E-state index < -0.39 is 17.6 Å². The standard InChI is InChI=1S/C12H16BrClO3/c1-8(15)12(16)11(14)7-17-6-9-2-4-10(13)5-3-9/h2-5,8,11-12,15-16H,6-7H2,1H3/t8-,11+,12+/m1/s1. The van der Waals surface area contributed by atoms with Crippen molar-refractivity contribution in [1.29, 1.82) is 0 Å². The SMILES string of the molecule is C[C@@H](O)[C@H](O)[C@@H](Cl)COCc1ccc(Br)cc1. The third kappa shape index (κ3) is 5.36. The summed E-state index contributed by atoms with van der Waals surface area (Å²) in [7, 11) is 0. The van der Waals surface area contributed by atoms with Crippen molar-refractivity contribution in [1.82, 2.24) is 0 Å². The maximum atomic E-state index is 9.46. The van der Waals surface area contributed by atoms with Crippen molar-refractivity contribution < 1.29 is 14.9 Å². The number of benzene rings is 1. The van der Waals surface area contributed by atoms with Crippen molar-refractivity contribution in [2.24, 2.45) is 0 Å². The largest absolute Gasteiger partial charge is 0.391 e. The van der Waals surface area contributed by atoms with E-state index in [2.05, 4.69) is 15.9 Å². The summed E-state index contributed by atoms with van der Waals surface area (Å²) in [4.78, 5) is 0. The van der Waals surface area contributed by atoms with E-state index in [4.69, 9.17) is 21.4 Å². The molecule has 0 aliphatic rings. The van der Waals surface area contributed by atoms with E-state index in [1.807, 2.05) is 24.3 Å². The summed E-state index contributed by atoms with van der Waals surface area (Å²) in [5.41, 5.74) is 1.03. The Morgan fingerprint density at radius 1 is 1.29 bits per heavy atom. The van der Waals surface area contributed by atoms with Crippen LogP contribution in [-0.2, 0) is 11.3 Å². The molecular weight excluding hydrogens is 307 g/mol. The van der Waals surface area contributed by atoms with E-state index >= 15 is 0 Å². The average molecular weight is 324 g/mol. The molecule has 0 bridgehead atoms. The van der Waals surface area contributed by atoms with Gasteiger partial charge < -0.3 is 14.9 Å². The van der Waals surface area contributed by atoms with Crippen LogP contribution in [0.1, 0.15) is 12.5 Å². The molecule has 0 spiro atoms. The molecule has 0 amide bonds. The summed E-state index contributed by atoms with van der Waals surface area (Å²) < 4.78 is 6.39. The highest BCUT2D eigenvalue weighted by Crippen LogP contribution is 2.12. The van der Waals surface area contributed by atoms with Crippen molar-refractivity contribution >= 4 is 27.5 Å². The number of hydrogen-bond acceptors (Lipinski definition) is 3. The van der Waals surface area contributed by atoms with Gasteiger partial charge >= 0.3 is 0 Å². The molecule has 1 aromatic carbocycles. The molecule has 1 rings (SSSR count). The predicted molar refractivity (Wildman–Crippen MR) is 71.1 cm³/mol. The molecule has 5 heteroatoms. The lowest BCUT2D eigenvalue weighted by atomic mass is 10.1. The molecule has 0 fully saturated rings. The fourth-order valence-corrected chi connectivity index (χ4v) is 1.83. The van der Waals surface area contributed by atoms with Crippen molar-refractivity contribution in [2.75, 3.05) is 6.61 Å². The first-order valence-corrected chi connectivity index (χ1v) is 6.56. The Bertz CT molecular complexity index is 329. The Morgan fingerprint density at radius 2 is 1.88 bits per heavy atom. The van der Waals surface area contributed by atoms with Gasteiger partial charge in [-0.3, -0.25) is 0 Å². The summed E-state index contributed by atoms with van der Waals surface area (Å²) in [5, 5.41) is 18.0. The van der Waals surface area contributed by atoms with E-state index in [0.29, 0.717) is 6.61 Å². The van der Waals surface area contributed by atoms with Crippen molar-refractivity contribution in [3.05, 3.63) is 34.3 Å². The van der Waals surface area contributed by atoms with Crippen molar-refractivity contribution in [3.8, 4) is 0 Å². The molecule has 0 aromatic heterocycles. The van der Waals surface area contributed by atoms with Crippen LogP contribution in [0.2, 0.25) is 0 Å². The highest BCUT2D eigenvalue weighted by Gasteiger charge is 2.21. The normalized spacial score (nSPS) is 16.5. The molecule has 3 atom stereocenters. The molecule has 96 valence electrons. The van der Waals surface area contributed by atoms with E-state index in [-0.39, 0.29) is 6.61 Å². The van der Waals surface area contributed by atoms with Crippen LogP contribution in [0, 0.1) is 0 Å². The van der Waals surface area contributed by atoms with Gasteiger partial charge in [-0.1, -0.05) is 28.1 Å². The van der Waals surface area contributed by atoms with Crippen LogP contribution in [-0.4, -0.2) is 34.4 Å². The number of ether oxygens (including phenoxy) is 1. The van der Waals surface area contributed by atoms with Crippen LogP contribution in [0.15, 0.2) is 28.7 Å². The summed E-state index contributed by atoms with van der Waals surface area (Å²) in [5.74, 6) is 0. The third-order valence-electron chi connectivity index (χ3n) is 2.32. The molecule has 0 heterocycles. The number of hydrogen-bond donors (Lipinski definition) is 2. The van der Waals surface area contributed by atoms with Gasteiger partial charge in [-0.05, 0) is 24.6 Å². The highest BCUT2D eigenvalue weighted by atomic mass is 79.9. The van der Waals surface area contributed by atoms with Crippen molar-refractivity contribution in [3.63, 3.8) is 0 Å². The minimum absolute atomic E-state index is 0.198. The zero-order valence-corrected chi connectivity index (χ0v) is 11.9. The number of rotatable bonds is 6. The topological polar surface area (TPSA) is 49.7 Å². The quantitative estimate of drug-likeness (QED) is 0.790. The lowest BCUT2D eigenvalue weighted by Gasteiger charge is -2.19. The molecule has 3 nitrogen and oxygen atoms in total. The molecule has 2 N–H and O–H groups in total. The van der Waals surface area contributed by atoms with Crippen LogP contribution >= 0.6 is 27.5 Å². The lowest BCUT2D eigenvalue weighted by Crippen LogP contribution is -2.34. The van der Waals surface area contributed by atoms with Gasteiger partial charge in [-0.25, -0.2) is 0 Å². The van der Waals surface area contributed by atoms with Crippen LogP contribution in [0.5, 0.6) is 0 Å². The van der Waals surface area contributed by atoms with Gasteiger partial charge in [-0.2, -0.15) is 0 Å². The van der Waals surface area contributed by atoms with E-state index in [0.717, 1.165) is 10.0 Å². The van der Waals surface area contributed by atoms with Gasteiger partial charge in [0.05, 0.1) is 30.8 Å². The first-order chi connectivity index (χ1) is 8.00. The molecule has 0 saturated carbocycles. The van der Waals surface area contributed by atoms with Gasteiger partial charge in [0, 0.05) is 4.47 Å². The molecule has 0 radical (unpaired) electrons. The number of halogens is 2. The minimum Gasteiger partial charge on any atom is -0.391 e. The first-order valence-electron chi connectivity index (χ1n) is 5.33. The number of aliphatic hydroxyl groups is 2. The average Bonchev–Trinajstić information content (AvgIpc) is 2.30. The molecule has 0 unspecified atom stereocenters. The third-order valence-corrected chi connectivity index (χ3v) is 3.24. The first kappa shape index (κ1) is 14.9. The summed E-state index contributed by atoms with van der Waals surface area (Å²) >= 11 is 9.22. The second-order valence-electron chi connectivity index (χ2n) is 3.89. The maximum Gasteiger partial charge on any atom is 0.0981 e. The Morgan fingerprint density at radius 3 is 2.41 bits per heavy atom. The second-order valence-corrected chi connectivity index (χ2v) is 5.37. The lowest BCUT2D eigenvalue weighted by molar-refractivity contribution is 0.00560. The summed E-state index contributed by atoms with van der Waals surface area (Å²) in [6, 6.07) is 7.75. The minimum atomic E-state index is -0.971. The maximum absolute atomic E-state index is 9.46. The Hall–Kier alpha value is -0.130. The molecule has 0 aliphatic carbocycles. The monoisotopic (exact) mass is 322 g/mol. The predicted octanol–water partition coefficient (Wildman–Crippen LogP) is 2.31. The Labute approximate surface area is 114 Å². The molecular formula is C12H16BrClO3. The van der Waals surface area contributed by atoms with Gasteiger partial charge in [0.15, 0.2) is 0 Å². The molecule has 1 aromatic rings. The van der Waals surface area contributed by atoms with Gasteiger partial charge in [-0.15, -0.1) is 11.6 Å². The smallest absolute Gasteiger partial charge is 0.0981 e. The van der Waals surface area contributed by atoms with E-state index in [1.54, 1.807) is 0 Å². The Balaban J connectivity index is 2.30. The van der Waals surface area contributed by atoms with Gasteiger partial charge in [0.25, 0.3) is 0 Å². The zero-order valence-electron chi connectivity index (χ0n) is 9.51. The molecule has 0 saturated heterocycles. The highest BCUT2D eigenvalue weighted by molar-refractivity contribution is 9.10. The second kappa shape index (κ2) is 7.34. The summed E-state index contributed by atoms with van der Waals surface area (Å²) in [6.07, 6.45) is -1.82. The van der Waals surface area contributed by atoms with Crippen LogP contribution in [0.25, 0.3) is 0 Å². The fourth-order valence-electron chi connectivity index (χ4n) is 1.27. The zero-order chi connectivity index (χ0) is 12.8. The van der Waals surface area contributed by atoms with E-state index in [9.17, 15) is 5.11 Å². The van der Waals surface area contributed by atoms with Gasteiger partial charge in [0.1, 0.15) is 0 Å². The Kier molecular flexibility index (Phi) is 6.44. The fraction of sp³-hybridized carbons (Fsp3) is 0.500.